The van der Waals surface area contributed by atoms with Gasteiger partial charge in [-0.25, -0.2) is 74.8 Å². The van der Waals surface area contributed by atoms with Gasteiger partial charge in [0.25, 0.3) is 0 Å². The van der Waals surface area contributed by atoms with Gasteiger partial charge in [0.1, 0.15) is 46.6 Å². The van der Waals surface area contributed by atoms with E-state index in [4.69, 9.17) is 54.8 Å². The number of hydrogen-bond acceptors (Lipinski definition) is 16. The van der Waals surface area contributed by atoms with E-state index in [1.807, 2.05) is 140 Å². The van der Waals surface area contributed by atoms with Crippen molar-refractivity contribution in [3.63, 3.8) is 0 Å². The number of rotatable bonds is 11. The van der Waals surface area contributed by atoms with Crippen LogP contribution in [0.1, 0.15) is 52.2 Å². The minimum atomic E-state index is 0.444. The minimum Gasteiger partial charge on any atom is -0.309 e. The summed E-state index contributed by atoms with van der Waals surface area (Å²) in [7, 11) is 0. The standard InChI is InChI=1S/C78H56N18/c1-42-80-43(2)85-74(84-42)56-24-30-67-61(37-56)62-38-57(75-86-44(3)81-45(4)87-75)25-31-68(62)95(67)66-28-22-54(53-21-15-16-50(34-53)41-79)35-60(66)55-23-29-71(65(36-55)78-93-72(51-17-11-9-12-18-51)92-73(94-78)52-19-13-10-14-20-52)96-69-32-26-58(76-88-46(5)82-47(6)89-76)39-63(69)64-40-59(27-33-70(64)96)77-90-48(7)83-49(8)91-77/h9-40H,1-8H3. The lowest BCUT2D eigenvalue weighted by molar-refractivity contribution is 0.928. The summed E-state index contributed by atoms with van der Waals surface area (Å²) in [6, 6.07) is 68.7. The van der Waals surface area contributed by atoms with Crippen molar-refractivity contribution in [1.29, 1.82) is 5.26 Å². The van der Waals surface area contributed by atoms with Gasteiger partial charge in [-0.15, -0.1) is 0 Å². The fraction of sp³-hybridized carbons (Fsp3) is 0.103. The molecule has 18 heteroatoms. The highest BCUT2D eigenvalue weighted by atomic mass is 15.1. The molecule has 0 unspecified atom stereocenters. The lowest BCUT2D eigenvalue weighted by Gasteiger charge is -2.19. The number of fused-ring (bicyclic) bond motifs is 6. The maximum atomic E-state index is 10.3. The van der Waals surface area contributed by atoms with Crippen molar-refractivity contribution in [2.24, 2.45) is 0 Å². The van der Waals surface area contributed by atoms with Crippen LogP contribution in [0.15, 0.2) is 194 Å². The van der Waals surface area contributed by atoms with Gasteiger partial charge in [0.05, 0.1) is 45.1 Å². The molecule has 0 spiro atoms. The summed E-state index contributed by atoms with van der Waals surface area (Å²) < 4.78 is 4.61. The summed E-state index contributed by atoms with van der Waals surface area (Å²) in [6.07, 6.45) is 0. The van der Waals surface area contributed by atoms with Crippen molar-refractivity contribution < 1.29 is 0 Å². The number of aryl methyl sites for hydroxylation is 8. The van der Waals surface area contributed by atoms with Crippen LogP contribution in [0.5, 0.6) is 0 Å². The van der Waals surface area contributed by atoms with Gasteiger partial charge in [-0.2, -0.15) is 5.26 Å². The SMILES string of the molecule is Cc1nc(C)nc(-c2ccc3c(c2)c2cc(-c4nc(C)nc(C)n4)ccc2n3-c2ccc(-c3cccc(C#N)c3)cc2-c2ccc(-n3c4ccc(-c5nc(C)nc(C)n5)cc4c4cc(-c5nc(C)nc(C)n5)ccc43)c(-c3nc(-c4ccccc4)nc(-c4ccccc4)n3)c2)n1. The topological polar surface area (TPSA) is 227 Å². The molecule has 16 aromatic rings. The van der Waals surface area contributed by atoms with Gasteiger partial charge in [-0.1, -0.05) is 84.9 Å². The molecule has 0 fully saturated rings. The zero-order chi connectivity index (χ0) is 65.5. The van der Waals surface area contributed by atoms with Crippen LogP contribution >= 0.6 is 0 Å². The van der Waals surface area contributed by atoms with Gasteiger partial charge in [0, 0.05) is 66.1 Å². The van der Waals surface area contributed by atoms with E-state index in [0.717, 1.165) is 111 Å². The Labute approximate surface area is 551 Å². The van der Waals surface area contributed by atoms with Crippen molar-refractivity contribution in [3.05, 3.63) is 246 Å². The third-order valence-electron chi connectivity index (χ3n) is 17.1. The largest absolute Gasteiger partial charge is 0.309 e. The Morgan fingerprint density at radius 2 is 0.542 bits per heavy atom. The molecule has 0 aliphatic rings. The first-order chi connectivity index (χ1) is 46.7. The average molecular weight is 1250 g/mol. The highest BCUT2D eigenvalue weighted by molar-refractivity contribution is 6.13. The van der Waals surface area contributed by atoms with E-state index < -0.39 is 0 Å². The summed E-state index contributed by atoms with van der Waals surface area (Å²) in [5, 5.41) is 14.1. The van der Waals surface area contributed by atoms with Crippen molar-refractivity contribution in [3.8, 4) is 119 Å². The molecule has 0 saturated heterocycles. The van der Waals surface area contributed by atoms with Crippen molar-refractivity contribution >= 4 is 43.6 Å². The Hall–Kier alpha value is -12.9. The predicted molar refractivity (Wildman–Crippen MR) is 374 cm³/mol. The second-order valence-electron chi connectivity index (χ2n) is 23.8. The second-order valence-corrected chi connectivity index (χ2v) is 23.8. The predicted octanol–water partition coefficient (Wildman–Crippen LogP) is 16.1. The van der Waals surface area contributed by atoms with Crippen LogP contribution < -0.4 is 0 Å². The molecule has 96 heavy (non-hydrogen) atoms. The smallest absolute Gasteiger partial charge is 0.166 e. The lowest BCUT2D eigenvalue weighted by atomic mass is 9.94. The summed E-state index contributed by atoms with van der Waals surface area (Å²) in [6.45, 7) is 15.1. The highest BCUT2D eigenvalue weighted by Gasteiger charge is 2.26. The summed E-state index contributed by atoms with van der Waals surface area (Å²) in [5.41, 5.74) is 15.1. The maximum absolute atomic E-state index is 10.3. The Morgan fingerprint density at radius 3 is 0.917 bits per heavy atom. The summed E-state index contributed by atoms with van der Waals surface area (Å²) >= 11 is 0. The van der Waals surface area contributed by atoms with E-state index in [9.17, 15) is 5.26 Å². The first kappa shape index (κ1) is 58.2. The van der Waals surface area contributed by atoms with Crippen molar-refractivity contribution in [2.75, 3.05) is 0 Å². The van der Waals surface area contributed by atoms with Gasteiger partial charge >= 0.3 is 0 Å². The average Bonchev–Trinajstić information content (AvgIpc) is 1.56. The molecule has 0 bridgehead atoms. The number of nitriles is 1. The van der Waals surface area contributed by atoms with Crippen LogP contribution in [0.25, 0.3) is 157 Å². The number of hydrogen-bond donors (Lipinski definition) is 0. The highest BCUT2D eigenvalue weighted by Crippen LogP contribution is 2.45. The molecule has 18 nitrogen and oxygen atoms in total. The molecule has 7 aromatic heterocycles. The molecular formula is C78H56N18. The molecular weight excluding hydrogens is 1190 g/mol. The number of nitrogens with zero attached hydrogens (tertiary/aromatic N) is 18. The van der Waals surface area contributed by atoms with Gasteiger partial charge in [0.2, 0.25) is 0 Å². The molecule has 0 amide bonds. The van der Waals surface area contributed by atoms with Crippen LogP contribution in [0, 0.1) is 66.7 Å². The van der Waals surface area contributed by atoms with Gasteiger partial charge < -0.3 is 9.13 Å². The Bertz CT molecular complexity index is 5560. The Balaban J connectivity index is 1.00. The van der Waals surface area contributed by atoms with E-state index in [2.05, 4.69) is 144 Å². The molecule has 7 heterocycles. The first-order valence-corrected chi connectivity index (χ1v) is 31.3. The van der Waals surface area contributed by atoms with Crippen LogP contribution in [-0.2, 0) is 0 Å². The molecule has 16 rings (SSSR count). The van der Waals surface area contributed by atoms with E-state index >= 15 is 0 Å². The van der Waals surface area contributed by atoms with E-state index in [1.54, 1.807) is 0 Å². The number of aromatic nitrogens is 17. The maximum Gasteiger partial charge on any atom is 0.166 e. The third kappa shape index (κ3) is 10.7. The molecule has 0 radical (unpaired) electrons. The first-order valence-electron chi connectivity index (χ1n) is 31.3. The Morgan fingerprint density at radius 1 is 0.240 bits per heavy atom. The fourth-order valence-corrected chi connectivity index (χ4v) is 13.0. The van der Waals surface area contributed by atoms with Gasteiger partial charge in [-0.05, 0) is 181 Å². The quantitative estimate of drug-likeness (QED) is 0.117. The zero-order valence-corrected chi connectivity index (χ0v) is 53.5. The molecule has 458 valence electrons. The van der Waals surface area contributed by atoms with E-state index in [-0.39, 0.29) is 0 Å². The molecule has 9 aromatic carbocycles. The summed E-state index contributed by atoms with van der Waals surface area (Å²) in [4.78, 5) is 72.8. The van der Waals surface area contributed by atoms with Crippen LogP contribution in [0.4, 0.5) is 0 Å². The molecule has 0 aliphatic heterocycles. The zero-order valence-electron chi connectivity index (χ0n) is 53.5. The van der Waals surface area contributed by atoms with Crippen LogP contribution in [0.2, 0.25) is 0 Å². The van der Waals surface area contributed by atoms with Crippen LogP contribution in [-0.4, -0.2) is 83.9 Å². The monoisotopic (exact) mass is 1240 g/mol. The van der Waals surface area contributed by atoms with Gasteiger partial charge in [-0.3, -0.25) is 0 Å². The minimum absolute atomic E-state index is 0.444. The normalized spacial score (nSPS) is 11.5. The molecule has 0 N–H and O–H groups in total. The lowest BCUT2D eigenvalue weighted by Crippen LogP contribution is -2.05. The van der Waals surface area contributed by atoms with Crippen molar-refractivity contribution in [1.82, 2.24) is 83.9 Å². The van der Waals surface area contributed by atoms with Crippen LogP contribution in [0.3, 0.4) is 0 Å². The molecule has 0 atom stereocenters. The third-order valence-corrected chi connectivity index (χ3v) is 17.1. The van der Waals surface area contributed by atoms with Crippen molar-refractivity contribution in [2.45, 2.75) is 55.4 Å². The molecule has 0 saturated carbocycles. The van der Waals surface area contributed by atoms with Gasteiger partial charge in [0.15, 0.2) is 40.8 Å². The van der Waals surface area contributed by atoms with E-state index in [0.29, 0.717) is 98.5 Å². The number of benzene rings is 9. The second kappa shape index (κ2) is 23.4. The summed E-state index contributed by atoms with van der Waals surface area (Å²) in [5.74, 6) is 8.79. The fourth-order valence-electron chi connectivity index (χ4n) is 13.0. The van der Waals surface area contributed by atoms with E-state index in [1.165, 1.54) is 0 Å². The molecule has 0 aliphatic carbocycles. The Kier molecular flexibility index (Phi) is 14.2.